The number of carbonyl (C=O) groups excluding carboxylic acids is 1. The molecule has 2 aliphatic rings. The molecule has 1 unspecified atom stereocenters. The van der Waals surface area contributed by atoms with Gasteiger partial charge in [0.05, 0.1) is 13.0 Å². The van der Waals surface area contributed by atoms with E-state index in [0.717, 1.165) is 17.7 Å². The van der Waals surface area contributed by atoms with Crippen molar-refractivity contribution in [3.05, 3.63) is 72.2 Å². The Morgan fingerprint density at radius 1 is 1.14 bits per heavy atom. The maximum Gasteiger partial charge on any atom is 0.314 e. The molecule has 0 fully saturated rings. The highest BCUT2D eigenvalue weighted by Crippen LogP contribution is 2.32. The lowest BCUT2D eigenvalue weighted by molar-refractivity contribution is -0.140. The van der Waals surface area contributed by atoms with Crippen LogP contribution in [0.2, 0.25) is 0 Å². The van der Waals surface area contributed by atoms with Crippen LogP contribution in [0.1, 0.15) is 57.4 Å². The van der Waals surface area contributed by atoms with Crippen molar-refractivity contribution in [3.63, 3.8) is 0 Å². The summed E-state index contributed by atoms with van der Waals surface area (Å²) < 4.78 is 10.6. The molecular weight excluding hydrogens is 352 g/mol. The summed E-state index contributed by atoms with van der Waals surface area (Å²) in [6, 6.07) is 0. The molecule has 2 heterocycles. The lowest BCUT2D eigenvalue weighted by Gasteiger charge is -2.07. The number of nitrogens with zero attached hydrogens (tertiary/aromatic N) is 2. The van der Waals surface area contributed by atoms with Crippen molar-refractivity contribution in [1.29, 1.82) is 0 Å². The third kappa shape index (κ3) is 6.65. The highest BCUT2D eigenvalue weighted by Gasteiger charge is 2.23. The Balaban J connectivity index is 0.000000921. The van der Waals surface area contributed by atoms with Gasteiger partial charge in [-0.05, 0) is 18.1 Å². The molecule has 5 nitrogen and oxygen atoms in total. The molecule has 5 heteroatoms. The first-order valence-electron chi connectivity index (χ1n) is 9.73. The van der Waals surface area contributed by atoms with Crippen molar-refractivity contribution in [1.82, 2.24) is 4.98 Å². The third-order valence-corrected chi connectivity index (χ3v) is 3.69. The number of allylic oxidation sites excluding steroid dienone is 9. The van der Waals surface area contributed by atoms with E-state index in [1.54, 1.807) is 12.4 Å². The molecule has 0 spiro atoms. The van der Waals surface area contributed by atoms with Gasteiger partial charge < -0.3 is 9.15 Å². The van der Waals surface area contributed by atoms with Gasteiger partial charge in [-0.25, -0.2) is 4.98 Å². The second kappa shape index (κ2) is 13.3. The van der Waals surface area contributed by atoms with Crippen molar-refractivity contribution >= 4 is 17.8 Å². The van der Waals surface area contributed by atoms with Crippen LogP contribution in [0.4, 0.5) is 0 Å². The number of hydrogen-bond acceptors (Lipinski definition) is 5. The van der Waals surface area contributed by atoms with Crippen molar-refractivity contribution in [2.24, 2.45) is 4.99 Å². The Kier molecular flexibility index (Phi) is 10.9. The molecule has 0 amide bonds. The first-order chi connectivity index (χ1) is 13.8. The standard InChI is InChI=1S/C19H18N2O3.2C2H6/c1-23-17(22)13-16-21-18(14-7-4-2-3-5-8-14)19(24-16)15-9-6-11-20-12-10-15;2*1-2/h2-7,9-12,15H,8,13H2,1H3;2*1-2H3. The Hall–Kier alpha value is -2.95. The Bertz CT molecular complexity index is 777. The Morgan fingerprint density at radius 3 is 2.68 bits per heavy atom. The average molecular weight is 383 g/mol. The fourth-order valence-corrected chi connectivity index (χ4v) is 2.51. The number of aromatic nitrogens is 1. The second-order valence-corrected chi connectivity index (χ2v) is 5.33. The van der Waals surface area contributed by atoms with Gasteiger partial charge in [-0.3, -0.25) is 9.79 Å². The molecule has 28 heavy (non-hydrogen) atoms. The fraction of sp³-hybridized carbons (Fsp3) is 0.348. The van der Waals surface area contributed by atoms with Crippen LogP contribution in [0, 0.1) is 0 Å². The lowest BCUT2D eigenvalue weighted by atomic mass is 9.99. The van der Waals surface area contributed by atoms with E-state index >= 15 is 0 Å². The van der Waals surface area contributed by atoms with Crippen molar-refractivity contribution in [3.8, 4) is 0 Å². The molecular formula is C23H30N2O3. The number of rotatable bonds is 4. The summed E-state index contributed by atoms with van der Waals surface area (Å²) >= 11 is 0. The van der Waals surface area contributed by atoms with Gasteiger partial charge in [0.15, 0.2) is 0 Å². The Morgan fingerprint density at radius 2 is 1.93 bits per heavy atom. The number of ether oxygens (including phenoxy) is 1. The highest BCUT2D eigenvalue weighted by atomic mass is 16.5. The van der Waals surface area contributed by atoms with E-state index in [1.807, 2.05) is 70.2 Å². The largest absolute Gasteiger partial charge is 0.469 e. The average Bonchev–Trinajstić information content (AvgIpc) is 2.97. The zero-order valence-corrected chi connectivity index (χ0v) is 17.4. The molecule has 0 saturated heterocycles. The molecule has 1 aromatic rings. The molecule has 1 aromatic heterocycles. The van der Waals surface area contributed by atoms with Crippen LogP contribution in [0.3, 0.4) is 0 Å². The van der Waals surface area contributed by atoms with Gasteiger partial charge in [0, 0.05) is 12.4 Å². The molecule has 1 aliphatic heterocycles. The number of methoxy groups -OCH3 is 1. The first kappa shape index (κ1) is 23.1. The van der Waals surface area contributed by atoms with E-state index in [2.05, 4.69) is 16.1 Å². The Labute approximate surface area is 167 Å². The number of esters is 1. The first-order valence-corrected chi connectivity index (χ1v) is 9.73. The molecule has 0 aromatic carbocycles. The molecule has 0 saturated carbocycles. The maximum atomic E-state index is 11.6. The van der Waals surface area contributed by atoms with Crippen LogP contribution in [0.15, 0.2) is 64.2 Å². The molecule has 1 aliphatic carbocycles. The molecule has 150 valence electrons. The monoisotopic (exact) mass is 382 g/mol. The number of oxazole rings is 1. The zero-order chi connectivity index (χ0) is 20.8. The van der Waals surface area contributed by atoms with E-state index < -0.39 is 0 Å². The van der Waals surface area contributed by atoms with Crippen LogP contribution in [0.5, 0.6) is 0 Å². The fourth-order valence-electron chi connectivity index (χ4n) is 2.51. The van der Waals surface area contributed by atoms with Gasteiger partial charge in [0.25, 0.3) is 0 Å². The number of aliphatic imine (C=N–C) groups is 1. The molecule has 0 radical (unpaired) electrons. The van der Waals surface area contributed by atoms with Crippen LogP contribution in [0.25, 0.3) is 5.57 Å². The van der Waals surface area contributed by atoms with Crippen molar-refractivity contribution in [2.45, 2.75) is 46.5 Å². The van der Waals surface area contributed by atoms with Gasteiger partial charge in [-0.15, -0.1) is 0 Å². The predicted molar refractivity (Wildman–Crippen MR) is 115 cm³/mol. The minimum Gasteiger partial charge on any atom is -0.469 e. The summed E-state index contributed by atoms with van der Waals surface area (Å²) in [5.41, 5.74) is 1.81. The predicted octanol–water partition coefficient (Wildman–Crippen LogP) is 5.58. The van der Waals surface area contributed by atoms with Crippen LogP contribution in [-0.2, 0) is 16.0 Å². The minimum absolute atomic E-state index is 0.0130. The van der Waals surface area contributed by atoms with Gasteiger partial charge in [0.1, 0.15) is 17.9 Å². The summed E-state index contributed by atoms with van der Waals surface area (Å²) in [5, 5.41) is 0. The molecule has 0 bridgehead atoms. The summed E-state index contributed by atoms with van der Waals surface area (Å²) in [7, 11) is 1.35. The normalized spacial score (nSPS) is 16.8. The number of hydrogen-bond donors (Lipinski definition) is 0. The molecule has 1 atom stereocenters. The molecule has 3 rings (SSSR count). The van der Waals surface area contributed by atoms with Crippen LogP contribution >= 0.6 is 0 Å². The minimum atomic E-state index is -0.376. The summed E-state index contributed by atoms with van der Waals surface area (Å²) in [4.78, 5) is 20.2. The van der Waals surface area contributed by atoms with E-state index in [0.29, 0.717) is 11.7 Å². The smallest absolute Gasteiger partial charge is 0.314 e. The van der Waals surface area contributed by atoms with E-state index in [1.165, 1.54) is 7.11 Å². The maximum absolute atomic E-state index is 11.6. The van der Waals surface area contributed by atoms with Crippen molar-refractivity contribution in [2.75, 3.05) is 7.11 Å². The van der Waals surface area contributed by atoms with Gasteiger partial charge in [0.2, 0.25) is 5.89 Å². The highest BCUT2D eigenvalue weighted by molar-refractivity contribution is 5.74. The van der Waals surface area contributed by atoms with Crippen LogP contribution in [-0.4, -0.2) is 24.3 Å². The lowest BCUT2D eigenvalue weighted by Crippen LogP contribution is -2.04. The topological polar surface area (TPSA) is 64.7 Å². The van der Waals surface area contributed by atoms with E-state index in [4.69, 9.17) is 9.15 Å². The van der Waals surface area contributed by atoms with Crippen molar-refractivity contribution < 1.29 is 13.9 Å². The van der Waals surface area contributed by atoms with Crippen LogP contribution < -0.4 is 0 Å². The second-order valence-electron chi connectivity index (χ2n) is 5.33. The van der Waals surface area contributed by atoms with E-state index in [-0.39, 0.29) is 18.3 Å². The summed E-state index contributed by atoms with van der Waals surface area (Å²) in [6.07, 6.45) is 20.0. The summed E-state index contributed by atoms with van der Waals surface area (Å²) in [6.45, 7) is 8.00. The summed E-state index contributed by atoms with van der Waals surface area (Å²) in [5.74, 6) is 0.608. The van der Waals surface area contributed by atoms with Gasteiger partial charge in [-0.2, -0.15) is 0 Å². The quantitative estimate of drug-likeness (QED) is 0.638. The van der Waals surface area contributed by atoms with Gasteiger partial charge >= 0.3 is 5.97 Å². The zero-order valence-electron chi connectivity index (χ0n) is 17.4. The number of carbonyl (C=O) groups is 1. The molecule has 0 N–H and O–H groups in total. The van der Waals surface area contributed by atoms with E-state index in [9.17, 15) is 4.79 Å². The third-order valence-electron chi connectivity index (χ3n) is 3.69. The SMILES string of the molecule is CC.CC.COC(=O)Cc1nc(C2=CC=CC=CC2)c(C2C=CC=NC=C2)o1. The van der Waals surface area contributed by atoms with Gasteiger partial charge in [-0.1, -0.05) is 70.2 Å².